The summed E-state index contributed by atoms with van der Waals surface area (Å²) in [6, 6.07) is 8.95. The zero-order valence-corrected chi connectivity index (χ0v) is 14.2. The molecule has 1 aromatic heterocycles. The van der Waals surface area contributed by atoms with E-state index in [2.05, 4.69) is 50.4 Å². The maximum atomic E-state index is 4.91. The third-order valence-electron chi connectivity index (χ3n) is 4.54. The Hall–Kier alpha value is -1.15. The summed E-state index contributed by atoms with van der Waals surface area (Å²) in [6.45, 7) is 6.77. The first-order valence-electron chi connectivity index (χ1n) is 8.10. The Balaban J connectivity index is 1.79. The minimum absolute atomic E-state index is 0.217. The van der Waals surface area contributed by atoms with E-state index in [1.807, 2.05) is 0 Å². The molecular weight excluding hydrogens is 274 g/mol. The Morgan fingerprint density at radius 1 is 1.00 bits per heavy atom. The van der Waals surface area contributed by atoms with Crippen LogP contribution in [0.1, 0.15) is 70.1 Å². The van der Waals surface area contributed by atoms with Gasteiger partial charge in [0.1, 0.15) is 5.01 Å². The van der Waals surface area contributed by atoms with Gasteiger partial charge in [-0.1, -0.05) is 64.3 Å². The average Bonchev–Trinajstić information content (AvgIpc) is 2.97. The van der Waals surface area contributed by atoms with Gasteiger partial charge in [0.15, 0.2) is 0 Å². The number of rotatable bonds is 2. The molecule has 2 aromatic rings. The van der Waals surface area contributed by atoms with Gasteiger partial charge in [-0.2, -0.15) is 0 Å². The summed E-state index contributed by atoms with van der Waals surface area (Å²) in [5, 5.41) is 3.46. The van der Waals surface area contributed by atoms with Gasteiger partial charge in [-0.25, -0.2) is 4.98 Å². The van der Waals surface area contributed by atoms with Gasteiger partial charge in [0.25, 0.3) is 0 Å². The molecule has 112 valence electrons. The van der Waals surface area contributed by atoms with Crippen LogP contribution >= 0.6 is 11.3 Å². The topological polar surface area (TPSA) is 12.9 Å². The Bertz CT molecular complexity index is 583. The molecule has 0 spiro atoms. The molecule has 2 heteroatoms. The molecule has 0 atom stereocenters. The molecule has 1 fully saturated rings. The van der Waals surface area contributed by atoms with E-state index in [0.29, 0.717) is 5.92 Å². The number of hydrogen-bond donors (Lipinski definition) is 0. The fourth-order valence-corrected chi connectivity index (χ4v) is 4.03. The first-order chi connectivity index (χ1) is 10.0. The first kappa shape index (κ1) is 14.8. The van der Waals surface area contributed by atoms with Gasteiger partial charge in [0.05, 0.1) is 5.69 Å². The number of benzene rings is 1. The highest BCUT2D eigenvalue weighted by Gasteiger charge is 2.19. The second kappa shape index (κ2) is 5.92. The van der Waals surface area contributed by atoms with Crippen LogP contribution in [-0.2, 0) is 5.41 Å². The molecule has 21 heavy (non-hydrogen) atoms. The second-order valence-corrected chi connectivity index (χ2v) is 8.10. The highest BCUT2D eigenvalue weighted by atomic mass is 32.1. The fraction of sp³-hybridized carbons (Fsp3) is 0.526. The maximum Gasteiger partial charge on any atom is 0.123 e. The van der Waals surface area contributed by atoms with Crippen LogP contribution in [0.15, 0.2) is 29.6 Å². The van der Waals surface area contributed by atoms with Gasteiger partial charge >= 0.3 is 0 Å². The van der Waals surface area contributed by atoms with Crippen molar-refractivity contribution in [3.05, 3.63) is 40.9 Å². The molecule has 0 N–H and O–H groups in total. The molecule has 1 saturated carbocycles. The van der Waals surface area contributed by atoms with Gasteiger partial charge in [-0.05, 0) is 23.8 Å². The third kappa shape index (κ3) is 3.37. The van der Waals surface area contributed by atoms with E-state index in [9.17, 15) is 0 Å². The van der Waals surface area contributed by atoms with Crippen LogP contribution in [0.3, 0.4) is 0 Å². The Morgan fingerprint density at radius 3 is 2.29 bits per heavy atom. The molecular formula is C19H25NS. The van der Waals surface area contributed by atoms with E-state index < -0.39 is 0 Å². The van der Waals surface area contributed by atoms with Crippen molar-refractivity contribution >= 4 is 11.3 Å². The minimum Gasteiger partial charge on any atom is -0.241 e. The largest absolute Gasteiger partial charge is 0.241 e. The minimum atomic E-state index is 0.217. The molecule has 1 aliphatic carbocycles. The van der Waals surface area contributed by atoms with Crippen molar-refractivity contribution in [1.82, 2.24) is 4.98 Å². The molecule has 0 aliphatic heterocycles. The lowest BCUT2D eigenvalue weighted by Crippen LogP contribution is -2.10. The number of nitrogens with zero attached hydrogens (tertiary/aromatic N) is 1. The molecule has 0 radical (unpaired) electrons. The van der Waals surface area contributed by atoms with E-state index in [1.54, 1.807) is 11.3 Å². The molecule has 3 rings (SSSR count). The normalized spacial score (nSPS) is 17.1. The van der Waals surface area contributed by atoms with Crippen LogP contribution in [0.25, 0.3) is 10.6 Å². The molecule has 1 heterocycles. The van der Waals surface area contributed by atoms with E-state index in [1.165, 1.54) is 53.9 Å². The van der Waals surface area contributed by atoms with Crippen molar-refractivity contribution in [2.24, 2.45) is 0 Å². The van der Waals surface area contributed by atoms with Crippen LogP contribution in [-0.4, -0.2) is 4.98 Å². The fourth-order valence-electron chi connectivity index (χ4n) is 3.12. The first-order valence-corrected chi connectivity index (χ1v) is 8.98. The second-order valence-electron chi connectivity index (χ2n) is 7.24. The zero-order valence-electron chi connectivity index (χ0n) is 13.4. The Morgan fingerprint density at radius 2 is 1.67 bits per heavy atom. The van der Waals surface area contributed by atoms with Gasteiger partial charge in [0, 0.05) is 16.9 Å². The summed E-state index contributed by atoms with van der Waals surface area (Å²) in [5.74, 6) is 0.706. The van der Waals surface area contributed by atoms with Gasteiger partial charge in [-0.3, -0.25) is 0 Å². The van der Waals surface area contributed by atoms with Crippen LogP contribution < -0.4 is 0 Å². The number of aromatic nitrogens is 1. The zero-order chi connectivity index (χ0) is 14.9. The Kier molecular flexibility index (Phi) is 4.17. The predicted octanol–water partition coefficient (Wildman–Crippen LogP) is 6.16. The highest BCUT2D eigenvalue weighted by molar-refractivity contribution is 7.13. The van der Waals surface area contributed by atoms with Crippen LogP contribution in [0.2, 0.25) is 0 Å². The lowest BCUT2D eigenvalue weighted by molar-refractivity contribution is 0.438. The SMILES string of the molecule is CC(C)(C)c1ccc(-c2nc(C3CCCCC3)cs2)cc1. The molecule has 0 saturated heterocycles. The van der Waals surface area contributed by atoms with E-state index in [0.717, 1.165) is 0 Å². The van der Waals surface area contributed by atoms with Crippen molar-refractivity contribution < 1.29 is 0 Å². The molecule has 0 bridgehead atoms. The van der Waals surface area contributed by atoms with Gasteiger partial charge in [-0.15, -0.1) is 11.3 Å². The van der Waals surface area contributed by atoms with Crippen LogP contribution in [0.4, 0.5) is 0 Å². The number of thiazole rings is 1. The quantitative estimate of drug-likeness (QED) is 0.647. The monoisotopic (exact) mass is 299 g/mol. The lowest BCUT2D eigenvalue weighted by atomic mass is 9.86. The van der Waals surface area contributed by atoms with E-state index >= 15 is 0 Å². The van der Waals surface area contributed by atoms with Crippen molar-refractivity contribution in [3.63, 3.8) is 0 Å². The Labute approximate surface area is 132 Å². The van der Waals surface area contributed by atoms with Crippen molar-refractivity contribution in [2.75, 3.05) is 0 Å². The average molecular weight is 299 g/mol. The summed E-state index contributed by atoms with van der Waals surface area (Å²) >= 11 is 1.80. The van der Waals surface area contributed by atoms with Crippen LogP contribution in [0, 0.1) is 0 Å². The summed E-state index contributed by atoms with van der Waals surface area (Å²) < 4.78 is 0. The predicted molar refractivity (Wildman–Crippen MR) is 92.1 cm³/mol. The van der Waals surface area contributed by atoms with Crippen molar-refractivity contribution in [3.8, 4) is 10.6 Å². The standard InChI is InChI=1S/C19H25NS/c1-19(2,3)16-11-9-15(10-12-16)18-20-17(13-21-18)14-7-5-4-6-8-14/h9-14H,4-8H2,1-3H3. The molecule has 1 aromatic carbocycles. The number of hydrogen-bond acceptors (Lipinski definition) is 2. The molecule has 0 amide bonds. The van der Waals surface area contributed by atoms with Crippen molar-refractivity contribution in [2.45, 2.75) is 64.2 Å². The smallest absolute Gasteiger partial charge is 0.123 e. The van der Waals surface area contributed by atoms with Crippen LogP contribution in [0.5, 0.6) is 0 Å². The third-order valence-corrected chi connectivity index (χ3v) is 5.45. The van der Waals surface area contributed by atoms with E-state index in [-0.39, 0.29) is 5.41 Å². The summed E-state index contributed by atoms with van der Waals surface area (Å²) in [5.41, 5.74) is 4.19. The van der Waals surface area contributed by atoms with Gasteiger partial charge < -0.3 is 0 Å². The van der Waals surface area contributed by atoms with E-state index in [4.69, 9.17) is 4.98 Å². The summed E-state index contributed by atoms with van der Waals surface area (Å²) in [6.07, 6.45) is 6.80. The molecule has 1 nitrogen and oxygen atoms in total. The summed E-state index contributed by atoms with van der Waals surface area (Å²) in [4.78, 5) is 4.91. The highest BCUT2D eigenvalue weighted by Crippen LogP contribution is 2.35. The molecule has 1 aliphatic rings. The van der Waals surface area contributed by atoms with Crippen molar-refractivity contribution in [1.29, 1.82) is 0 Å². The summed E-state index contributed by atoms with van der Waals surface area (Å²) in [7, 11) is 0. The molecule has 0 unspecified atom stereocenters. The maximum absolute atomic E-state index is 4.91. The lowest BCUT2D eigenvalue weighted by Gasteiger charge is -2.19. The van der Waals surface area contributed by atoms with Gasteiger partial charge in [0.2, 0.25) is 0 Å².